The summed E-state index contributed by atoms with van der Waals surface area (Å²) in [4.78, 5) is 9.64. The second-order valence-electron chi connectivity index (χ2n) is 13.4. The molecule has 7 atom stereocenters. The van der Waals surface area contributed by atoms with Gasteiger partial charge in [-0.25, -0.2) is 0 Å². The molecule has 238 valence electrons. The Morgan fingerprint density at radius 2 is 1.71 bits per heavy atom. The van der Waals surface area contributed by atoms with Gasteiger partial charge in [0, 0.05) is 20.1 Å². The molecule has 41 heavy (non-hydrogen) atoms. The van der Waals surface area contributed by atoms with Crippen molar-refractivity contribution in [3.63, 3.8) is 0 Å². The van der Waals surface area contributed by atoms with E-state index in [2.05, 4.69) is 69.6 Å². The van der Waals surface area contributed by atoms with Crippen LogP contribution in [0.25, 0.3) is 0 Å². The zero-order valence-electron chi connectivity index (χ0n) is 28.9. The summed E-state index contributed by atoms with van der Waals surface area (Å²) in [5.74, 6) is 3.91. The molecule has 0 aromatic carbocycles. The second kappa shape index (κ2) is 19.1. The number of carbonyl (C=O) groups is 1. The smallest absolute Gasteiger partial charge is 0.121 e. The van der Waals surface area contributed by atoms with Gasteiger partial charge >= 0.3 is 0 Å². The van der Waals surface area contributed by atoms with Gasteiger partial charge in [-0.3, -0.25) is 0 Å². The molecule has 0 saturated heterocycles. The van der Waals surface area contributed by atoms with Crippen molar-refractivity contribution in [3.05, 3.63) is 35.5 Å². The van der Waals surface area contributed by atoms with Crippen LogP contribution in [0.3, 0.4) is 0 Å². The number of aldehydes is 1. The molecule has 7 unspecified atom stereocenters. The first-order valence-corrected chi connectivity index (χ1v) is 17.0. The molecular formula is C37H68N2O2. The molecule has 0 bridgehead atoms. The van der Waals surface area contributed by atoms with Gasteiger partial charge in [0.05, 0.1) is 6.10 Å². The van der Waals surface area contributed by atoms with Crippen molar-refractivity contribution in [1.82, 2.24) is 10.6 Å². The van der Waals surface area contributed by atoms with Crippen LogP contribution in [-0.2, 0) is 9.53 Å². The number of carbonyl (C=O) groups excluding carboxylic acids is 1. The lowest BCUT2D eigenvalue weighted by Crippen LogP contribution is -2.46. The Morgan fingerprint density at radius 1 is 1.02 bits per heavy atom. The maximum atomic E-state index is 9.64. The zero-order valence-corrected chi connectivity index (χ0v) is 28.9. The van der Waals surface area contributed by atoms with Crippen LogP contribution in [0.2, 0.25) is 0 Å². The summed E-state index contributed by atoms with van der Waals surface area (Å²) in [5, 5.41) is 5.77. The largest absolute Gasteiger partial charge is 0.381 e. The Balaban J connectivity index is 0.000000599. The third kappa shape index (κ3) is 9.90. The van der Waals surface area contributed by atoms with Crippen molar-refractivity contribution >= 4 is 6.29 Å². The molecule has 0 spiro atoms. The number of nitrogens with one attached hydrogen (secondary N) is 2. The van der Waals surface area contributed by atoms with Crippen LogP contribution in [0.1, 0.15) is 113 Å². The van der Waals surface area contributed by atoms with Crippen molar-refractivity contribution < 1.29 is 9.53 Å². The summed E-state index contributed by atoms with van der Waals surface area (Å²) >= 11 is 0. The number of ether oxygens (including phenoxy) is 1. The minimum atomic E-state index is 0.394. The van der Waals surface area contributed by atoms with E-state index in [0.717, 1.165) is 49.5 Å². The lowest BCUT2D eigenvalue weighted by atomic mass is 9.50. The van der Waals surface area contributed by atoms with Crippen molar-refractivity contribution in [2.24, 2.45) is 40.4 Å². The highest BCUT2D eigenvalue weighted by molar-refractivity contribution is 5.49. The molecule has 4 aliphatic rings. The van der Waals surface area contributed by atoms with E-state index < -0.39 is 0 Å². The number of fused-ring (bicyclic) bond motifs is 5. The summed E-state index contributed by atoms with van der Waals surface area (Å²) in [5.41, 5.74) is 4.40. The minimum Gasteiger partial charge on any atom is -0.381 e. The number of hydrogen-bond acceptors (Lipinski definition) is 4. The Labute approximate surface area is 255 Å². The van der Waals surface area contributed by atoms with Gasteiger partial charge in [-0.2, -0.15) is 0 Å². The lowest BCUT2D eigenvalue weighted by molar-refractivity contribution is -0.107. The SMILES string of the molecule is CC.CCNCCC=O.CNC.COC1CCC2(C)C(=CC=C3C2CCC2(C)C(C/C=C/C(C)C(C)C)CCC32)C1. The predicted octanol–water partition coefficient (Wildman–Crippen LogP) is 8.79. The standard InChI is InChI=1S/C28H44O.C5H11NO.C2H7N.C2H6/c1-19(2)20(3)8-7-9-21-11-13-25-24-12-10-22-18-23(29-6)14-16-28(22,5)26(24)15-17-27(21,25)4;1-2-6-4-3-5-7;1-3-2;1-2/h7-8,10,12,19-21,23,25-26H,9,11,13-18H2,1-6H3;5-6H,2-4H2,1H3;3H,1-2H3;1-2H3/b8-7+;;;. The molecule has 0 amide bonds. The van der Waals surface area contributed by atoms with Crippen molar-refractivity contribution in [2.75, 3.05) is 34.3 Å². The number of rotatable bonds is 9. The van der Waals surface area contributed by atoms with E-state index in [9.17, 15) is 4.79 Å². The van der Waals surface area contributed by atoms with E-state index in [1.165, 1.54) is 44.9 Å². The first-order chi connectivity index (χ1) is 19.6. The topological polar surface area (TPSA) is 50.4 Å². The van der Waals surface area contributed by atoms with Crippen LogP contribution in [0.15, 0.2) is 35.5 Å². The fourth-order valence-electron chi connectivity index (χ4n) is 7.68. The molecule has 4 rings (SSSR count). The first-order valence-electron chi connectivity index (χ1n) is 17.0. The van der Waals surface area contributed by atoms with Crippen LogP contribution in [-0.4, -0.2) is 46.7 Å². The Hall–Kier alpha value is -1.23. The van der Waals surface area contributed by atoms with Crippen molar-refractivity contribution in [2.45, 2.75) is 119 Å². The third-order valence-corrected chi connectivity index (χ3v) is 10.7. The van der Waals surface area contributed by atoms with Crippen LogP contribution >= 0.6 is 0 Å². The van der Waals surface area contributed by atoms with E-state index >= 15 is 0 Å². The Bertz CT molecular complexity index is 831. The maximum absolute atomic E-state index is 9.64. The van der Waals surface area contributed by atoms with Crippen LogP contribution in [0, 0.1) is 40.4 Å². The molecule has 0 aromatic rings. The van der Waals surface area contributed by atoms with Gasteiger partial charge in [-0.15, -0.1) is 0 Å². The van der Waals surface area contributed by atoms with Crippen LogP contribution in [0.4, 0.5) is 0 Å². The van der Waals surface area contributed by atoms with Gasteiger partial charge in [0.1, 0.15) is 6.29 Å². The third-order valence-electron chi connectivity index (χ3n) is 10.7. The highest BCUT2D eigenvalue weighted by Crippen LogP contribution is 2.65. The van der Waals surface area contributed by atoms with Gasteiger partial charge in [0.25, 0.3) is 0 Å². The van der Waals surface area contributed by atoms with E-state index in [4.69, 9.17) is 4.74 Å². The monoisotopic (exact) mass is 573 g/mol. The molecule has 0 heterocycles. The van der Waals surface area contributed by atoms with Crippen molar-refractivity contribution in [1.29, 1.82) is 0 Å². The second-order valence-corrected chi connectivity index (χ2v) is 13.4. The predicted molar refractivity (Wildman–Crippen MR) is 179 cm³/mol. The Kier molecular flexibility index (Phi) is 17.6. The normalized spacial score (nSPS) is 32.4. The molecule has 4 nitrogen and oxygen atoms in total. The highest BCUT2D eigenvalue weighted by Gasteiger charge is 2.55. The van der Waals surface area contributed by atoms with E-state index in [-0.39, 0.29) is 0 Å². The average molecular weight is 573 g/mol. The fourth-order valence-corrected chi connectivity index (χ4v) is 7.68. The summed E-state index contributed by atoms with van der Waals surface area (Å²) in [6.45, 7) is 20.0. The van der Waals surface area contributed by atoms with Gasteiger partial charge in [-0.05, 0) is 112 Å². The molecule has 3 saturated carbocycles. The van der Waals surface area contributed by atoms with Gasteiger partial charge in [0.2, 0.25) is 0 Å². The molecule has 4 aliphatic carbocycles. The molecule has 4 heteroatoms. The Morgan fingerprint density at radius 3 is 2.29 bits per heavy atom. The average Bonchev–Trinajstić information content (AvgIpc) is 3.30. The quantitative estimate of drug-likeness (QED) is 0.165. The fraction of sp³-hybridized carbons (Fsp3) is 0.811. The lowest BCUT2D eigenvalue weighted by Gasteiger charge is -2.55. The van der Waals surface area contributed by atoms with Crippen LogP contribution in [0.5, 0.6) is 0 Å². The summed E-state index contributed by atoms with van der Waals surface area (Å²) in [6.07, 6.45) is 22.7. The summed E-state index contributed by atoms with van der Waals surface area (Å²) in [6, 6.07) is 0. The van der Waals surface area contributed by atoms with Crippen LogP contribution < -0.4 is 10.6 Å². The number of hydrogen-bond donors (Lipinski definition) is 2. The number of methoxy groups -OCH3 is 1. The maximum Gasteiger partial charge on any atom is 0.121 e. The van der Waals surface area contributed by atoms with E-state index in [1.807, 2.05) is 47.5 Å². The number of allylic oxidation sites excluding steroid dienone is 5. The minimum absolute atomic E-state index is 0.394. The highest BCUT2D eigenvalue weighted by atomic mass is 16.5. The van der Waals surface area contributed by atoms with Gasteiger partial charge in [-0.1, -0.05) is 90.8 Å². The zero-order chi connectivity index (χ0) is 31.1. The van der Waals surface area contributed by atoms with Crippen molar-refractivity contribution in [3.8, 4) is 0 Å². The molecule has 3 fully saturated rings. The summed E-state index contributed by atoms with van der Waals surface area (Å²) in [7, 11) is 5.64. The molecule has 0 radical (unpaired) electrons. The molecule has 0 aromatic heterocycles. The molecule has 2 N–H and O–H groups in total. The van der Waals surface area contributed by atoms with E-state index in [0.29, 0.717) is 29.3 Å². The summed E-state index contributed by atoms with van der Waals surface area (Å²) < 4.78 is 5.72. The molecule has 0 aliphatic heterocycles. The van der Waals surface area contributed by atoms with Gasteiger partial charge in [0.15, 0.2) is 0 Å². The molecular weight excluding hydrogens is 504 g/mol. The van der Waals surface area contributed by atoms with E-state index in [1.54, 1.807) is 5.57 Å². The van der Waals surface area contributed by atoms with Gasteiger partial charge < -0.3 is 20.2 Å². The first kappa shape index (κ1) is 37.8.